The number of aliphatic hydroxyl groups excluding tert-OH is 2. The average molecular weight is 1420 g/mol. The summed E-state index contributed by atoms with van der Waals surface area (Å²) in [5, 5.41) is 35.3. The molecule has 1 aliphatic heterocycles. The number of amides is 10. The smallest absolute Gasteiger partial charge is 0.329 e. The summed E-state index contributed by atoms with van der Waals surface area (Å²) in [5.74, 6) is -12.0. The van der Waals surface area contributed by atoms with Crippen molar-refractivity contribution in [2.24, 2.45) is 47.3 Å². The van der Waals surface area contributed by atoms with Gasteiger partial charge >= 0.3 is 5.97 Å². The number of ether oxygens (including phenoxy) is 1. The van der Waals surface area contributed by atoms with Gasteiger partial charge in [0, 0.05) is 67.8 Å². The van der Waals surface area contributed by atoms with Gasteiger partial charge in [-0.3, -0.25) is 62.8 Å². The van der Waals surface area contributed by atoms with Gasteiger partial charge < -0.3 is 65.6 Å². The first-order valence-electron chi connectivity index (χ1n) is 35.9. The molecule has 568 valence electrons. The fourth-order valence-corrected chi connectivity index (χ4v) is 12.5. The fraction of sp³-hybridized carbons (Fsp3) is 0.716. The number of pyridine rings is 2. The third kappa shape index (κ3) is 26.3. The van der Waals surface area contributed by atoms with Gasteiger partial charge in [0.2, 0.25) is 53.2 Å². The zero-order valence-electron chi connectivity index (χ0n) is 64.6. The molecule has 0 bridgehead atoms. The third-order valence-corrected chi connectivity index (χ3v) is 18.4. The maximum absolute atomic E-state index is 15.6. The molecule has 27 nitrogen and oxygen atoms in total. The molecule has 1 saturated heterocycles. The van der Waals surface area contributed by atoms with Crippen LogP contribution in [0.5, 0.6) is 0 Å². The minimum absolute atomic E-state index is 0.0593. The van der Waals surface area contributed by atoms with E-state index in [1.165, 1.54) is 70.8 Å². The van der Waals surface area contributed by atoms with Crippen LogP contribution in [0.3, 0.4) is 0 Å². The Morgan fingerprint density at radius 1 is 0.485 bits per heavy atom. The maximum Gasteiger partial charge on any atom is 0.329 e. The minimum atomic E-state index is -1.82. The summed E-state index contributed by atoms with van der Waals surface area (Å²) in [6.07, 6.45) is -0.774. The van der Waals surface area contributed by atoms with Gasteiger partial charge in [-0.25, -0.2) is 4.79 Å². The summed E-state index contributed by atoms with van der Waals surface area (Å²) < 4.78 is 5.93. The van der Waals surface area contributed by atoms with Gasteiger partial charge in [-0.05, 0) is 131 Å². The topological polar surface area (TPSA) is 334 Å². The Labute approximate surface area is 600 Å². The normalized spacial score (nSPS) is 24.7. The Morgan fingerprint density at radius 2 is 0.901 bits per heavy atom. The van der Waals surface area contributed by atoms with E-state index in [0.29, 0.717) is 19.6 Å². The van der Waals surface area contributed by atoms with Crippen LogP contribution < -0.4 is 21.3 Å². The van der Waals surface area contributed by atoms with Gasteiger partial charge in [-0.15, -0.1) is 0 Å². The molecule has 10 amide bonds. The molecule has 3 rings (SSSR count). The van der Waals surface area contributed by atoms with Crippen LogP contribution in [0, 0.1) is 47.3 Å². The van der Waals surface area contributed by atoms with Crippen molar-refractivity contribution in [1.82, 2.24) is 65.5 Å². The molecule has 2 aromatic rings. The van der Waals surface area contributed by atoms with Crippen LogP contribution in [-0.4, -0.2) is 248 Å². The molecule has 13 atom stereocenters. The van der Waals surface area contributed by atoms with Crippen LogP contribution in [0.25, 0.3) is 0 Å². The van der Waals surface area contributed by atoms with Crippen molar-refractivity contribution in [3.05, 3.63) is 60.2 Å². The molecule has 6 N–H and O–H groups in total. The average Bonchev–Trinajstić information content (AvgIpc) is 0.809. The molecule has 0 saturated carbocycles. The number of likely N-dealkylation sites (N-methyl/N-ethyl adjacent to an activating group) is 6. The highest BCUT2D eigenvalue weighted by atomic mass is 16.6. The number of hydrogen-bond donors (Lipinski definition) is 6. The van der Waals surface area contributed by atoms with Crippen LogP contribution in [-0.2, 0) is 70.6 Å². The van der Waals surface area contributed by atoms with Crippen LogP contribution in [0.15, 0.2) is 48.8 Å². The van der Waals surface area contributed by atoms with E-state index in [-0.39, 0.29) is 68.1 Å². The van der Waals surface area contributed by atoms with Gasteiger partial charge in [0.25, 0.3) is 5.91 Å². The van der Waals surface area contributed by atoms with Crippen LogP contribution in [0.4, 0.5) is 0 Å². The summed E-state index contributed by atoms with van der Waals surface area (Å²) in [6.45, 7) is 29.8. The van der Waals surface area contributed by atoms with Gasteiger partial charge in [0.05, 0.1) is 30.1 Å². The lowest BCUT2D eigenvalue weighted by Crippen LogP contribution is -2.64. The number of esters is 1. The molecular weight excluding hydrogens is 1290 g/mol. The summed E-state index contributed by atoms with van der Waals surface area (Å²) in [7, 11) is 8.15. The van der Waals surface area contributed by atoms with E-state index in [4.69, 9.17) is 4.74 Å². The standard InChI is InChI=1S/C74H123N13O14/c1-42(2)34-54-69(95)83(20)57(37-45(7)8)65(91)77-50(16)74(100)101-64(48(13)14)73(99)84(21)58(38-46(9)10)67(93)79-55(35-43(3)4)70(96)85(22)61(47(11)12)72(98)86(23)62(63(90)49(15)30-33-87(39-52-28-24-26-31-75-52)40-53-29-25-27-32-76-53)68(94)80-60(51(17)88)71(97)81(18)41-59(89)82(19)56(36-44(5)6)66(92)78-54/h24-29,31-32,42-51,54-58,60-64,88,90H,30,33-41H2,1-23H3,(H,77,91)(H,78,92)(H,79,93)(H,80,94)/t49-,50-,51-,54-,55-,56+,57-,58-,60-,61-,62-,63-,64+/m1/s1. The molecular formula is C74H123N13O14. The van der Waals surface area contributed by atoms with Crippen molar-refractivity contribution in [2.45, 2.75) is 242 Å². The van der Waals surface area contributed by atoms with Gasteiger partial charge in [-0.2, -0.15) is 0 Å². The highest BCUT2D eigenvalue weighted by Crippen LogP contribution is 2.26. The van der Waals surface area contributed by atoms with E-state index >= 15 is 14.4 Å². The van der Waals surface area contributed by atoms with Gasteiger partial charge in [0.1, 0.15) is 54.4 Å². The zero-order valence-corrected chi connectivity index (χ0v) is 64.6. The number of cyclic esters (lactones) is 1. The van der Waals surface area contributed by atoms with Crippen LogP contribution in [0.2, 0.25) is 0 Å². The maximum atomic E-state index is 15.6. The number of carbonyl (C=O) groups is 11. The van der Waals surface area contributed by atoms with E-state index in [1.54, 1.807) is 59.1 Å². The van der Waals surface area contributed by atoms with Crippen molar-refractivity contribution >= 4 is 65.0 Å². The fourth-order valence-electron chi connectivity index (χ4n) is 12.5. The number of nitrogens with one attached hydrogen (secondary N) is 4. The number of carbonyl (C=O) groups excluding carboxylic acids is 11. The Hall–Kier alpha value is -7.65. The van der Waals surface area contributed by atoms with Crippen molar-refractivity contribution in [3.8, 4) is 0 Å². The predicted octanol–water partition coefficient (Wildman–Crippen LogP) is 4.27. The Morgan fingerprint density at radius 3 is 1.31 bits per heavy atom. The number of rotatable bonds is 22. The molecule has 101 heavy (non-hydrogen) atoms. The summed E-state index contributed by atoms with van der Waals surface area (Å²) in [5.41, 5.74) is 1.52. The molecule has 0 unspecified atom stereocenters. The molecule has 2 aromatic heterocycles. The first kappa shape index (κ1) is 87.6. The highest BCUT2D eigenvalue weighted by molar-refractivity contribution is 5.99. The largest absolute Gasteiger partial charge is 0.450 e. The van der Waals surface area contributed by atoms with Crippen molar-refractivity contribution < 1.29 is 67.7 Å². The highest BCUT2D eigenvalue weighted by Gasteiger charge is 2.46. The quantitative estimate of drug-likeness (QED) is 0.0897. The lowest BCUT2D eigenvalue weighted by molar-refractivity contribution is -0.166. The second-order valence-corrected chi connectivity index (χ2v) is 30.6. The number of nitrogens with zero attached hydrogens (tertiary/aromatic N) is 9. The van der Waals surface area contributed by atoms with Crippen LogP contribution >= 0.6 is 0 Å². The third-order valence-electron chi connectivity index (χ3n) is 18.4. The molecule has 0 aromatic carbocycles. The summed E-state index contributed by atoms with van der Waals surface area (Å²) >= 11 is 0. The lowest BCUT2D eigenvalue weighted by atomic mass is 9.91. The Balaban J connectivity index is 2.36. The first-order chi connectivity index (χ1) is 47.0. The summed E-state index contributed by atoms with van der Waals surface area (Å²) in [6, 6.07) is -1.45. The second-order valence-electron chi connectivity index (χ2n) is 30.6. The van der Waals surface area contributed by atoms with E-state index < -0.39 is 162 Å². The number of hydrogen-bond acceptors (Lipinski definition) is 17. The van der Waals surface area contributed by atoms with E-state index in [1.807, 2.05) is 93.5 Å². The zero-order chi connectivity index (χ0) is 76.8. The molecule has 1 fully saturated rings. The van der Waals surface area contributed by atoms with Crippen molar-refractivity contribution in [1.29, 1.82) is 0 Å². The van der Waals surface area contributed by atoms with Crippen LogP contribution in [0.1, 0.15) is 168 Å². The minimum Gasteiger partial charge on any atom is -0.450 e. The van der Waals surface area contributed by atoms with Crippen molar-refractivity contribution in [2.75, 3.05) is 55.4 Å². The molecule has 3 heterocycles. The molecule has 0 radical (unpaired) electrons. The number of aliphatic hydroxyl groups is 2. The number of aromatic nitrogens is 2. The monoisotopic (exact) mass is 1420 g/mol. The lowest BCUT2D eigenvalue weighted by Gasteiger charge is -2.40. The summed E-state index contributed by atoms with van der Waals surface area (Å²) in [4.78, 5) is 181. The van der Waals surface area contributed by atoms with E-state index in [0.717, 1.165) is 26.1 Å². The molecule has 0 spiro atoms. The Kier molecular flexibility index (Phi) is 35.4. The molecule has 1 aliphatic rings. The van der Waals surface area contributed by atoms with Gasteiger partial charge in [0.15, 0.2) is 6.10 Å². The van der Waals surface area contributed by atoms with Gasteiger partial charge in [-0.1, -0.05) is 116 Å². The molecule has 27 heteroatoms. The van der Waals surface area contributed by atoms with E-state index in [9.17, 15) is 48.6 Å². The molecule has 0 aliphatic carbocycles. The first-order valence-corrected chi connectivity index (χ1v) is 35.9. The second kappa shape index (κ2) is 40.9. The van der Waals surface area contributed by atoms with Crippen molar-refractivity contribution in [3.63, 3.8) is 0 Å². The Bertz CT molecular complexity index is 3000. The predicted molar refractivity (Wildman–Crippen MR) is 385 cm³/mol. The SMILES string of the molecule is CC(C)C[C@@H]1C(=O)N[C@H](CC(C)C)C(=O)N(C)[C@H](C(C)C)C(=O)N(C)[C@H]([C@H](O)[C@H](C)CCN(Cc2ccccn2)Cc2ccccn2)C(=O)N[C@H]([C@@H](C)O)C(=O)N(C)CC(=O)N(C)[C@@H](CC(C)C)C(=O)N[C@H](CC(C)C)C(=O)N(C)[C@H](CC(C)C)C(=O)N[C@H](C)C(=O)O[C@@H](C(C)C)C(=O)N1C. The van der Waals surface area contributed by atoms with E-state index in [2.05, 4.69) is 36.1 Å².